The number of aromatic nitrogens is 2. The molecule has 1 saturated heterocycles. The average molecular weight is 330 g/mol. The van der Waals surface area contributed by atoms with E-state index in [1.54, 1.807) is 18.7 Å². The number of rotatable bonds is 5. The third-order valence-electron chi connectivity index (χ3n) is 3.98. The zero-order chi connectivity index (χ0) is 16.5. The van der Waals surface area contributed by atoms with Crippen LogP contribution in [0.25, 0.3) is 0 Å². The maximum absolute atomic E-state index is 12.3. The molecule has 2 heterocycles. The quantitative estimate of drug-likeness (QED) is 0.775. The van der Waals surface area contributed by atoms with Gasteiger partial charge in [0.1, 0.15) is 0 Å². The molecule has 2 atom stereocenters. The number of nitrogens with one attached hydrogen (secondary N) is 1. The van der Waals surface area contributed by atoms with E-state index in [1.165, 1.54) is 24.6 Å². The van der Waals surface area contributed by atoms with Crippen LogP contribution < -0.4 is 5.32 Å². The van der Waals surface area contributed by atoms with Crippen molar-refractivity contribution in [1.82, 2.24) is 19.4 Å². The van der Waals surface area contributed by atoms with Crippen LogP contribution in [0.1, 0.15) is 16.1 Å². The molecule has 0 saturated carbocycles. The lowest BCUT2D eigenvalue weighted by molar-refractivity contribution is 0.0925. The molecule has 0 spiro atoms. The maximum atomic E-state index is 12.3. The Hall–Kier alpha value is -1.45. The van der Waals surface area contributed by atoms with Gasteiger partial charge in [-0.05, 0) is 6.92 Å². The molecule has 1 fully saturated rings. The van der Waals surface area contributed by atoms with Crippen LogP contribution in [0.15, 0.2) is 6.20 Å². The summed E-state index contributed by atoms with van der Waals surface area (Å²) >= 11 is 0. The van der Waals surface area contributed by atoms with Gasteiger partial charge in [0.2, 0.25) is 10.0 Å². The fraction of sp³-hybridized carbons (Fsp3) is 0.692. The zero-order valence-electron chi connectivity index (χ0n) is 13.2. The average Bonchev–Trinajstić information content (AvgIpc) is 2.98. The lowest BCUT2D eigenvalue weighted by Crippen LogP contribution is -2.43. The van der Waals surface area contributed by atoms with Crippen molar-refractivity contribution >= 4 is 15.9 Å². The van der Waals surface area contributed by atoms with Gasteiger partial charge in [0.05, 0.1) is 36.8 Å². The predicted octanol–water partition coefficient (Wildman–Crippen LogP) is -0.635. The first kappa shape index (κ1) is 16.9. The molecule has 1 N–H and O–H groups in total. The summed E-state index contributed by atoms with van der Waals surface area (Å²) in [6.45, 7) is 2.45. The molecule has 0 radical (unpaired) electrons. The van der Waals surface area contributed by atoms with Crippen LogP contribution in [0.5, 0.6) is 0 Å². The van der Waals surface area contributed by atoms with Crippen molar-refractivity contribution in [3.8, 4) is 0 Å². The van der Waals surface area contributed by atoms with Crippen molar-refractivity contribution in [2.75, 3.05) is 33.1 Å². The number of ether oxygens (including phenoxy) is 1. The van der Waals surface area contributed by atoms with Crippen molar-refractivity contribution in [2.24, 2.45) is 13.0 Å². The second kappa shape index (κ2) is 6.35. The molecule has 0 aliphatic carbocycles. The lowest BCUT2D eigenvalue weighted by atomic mass is 10.1. The molecule has 22 heavy (non-hydrogen) atoms. The summed E-state index contributed by atoms with van der Waals surface area (Å²) in [5.74, 6) is -0.557. The number of carbonyl (C=O) groups is 1. The minimum atomic E-state index is -3.33. The zero-order valence-corrected chi connectivity index (χ0v) is 14.1. The number of aryl methyl sites for hydroxylation is 1. The molecular formula is C13H22N4O4S. The van der Waals surface area contributed by atoms with Crippen molar-refractivity contribution in [3.63, 3.8) is 0 Å². The van der Waals surface area contributed by atoms with E-state index < -0.39 is 10.0 Å². The third-order valence-corrected chi connectivity index (χ3v) is 5.94. The summed E-state index contributed by atoms with van der Waals surface area (Å²) in [5.41, 5.74) is 1.25. The Morgan fingerprint density at radius 3 is 2.73 bits per heavy atom. The van der Waals surface area contributed by atoms with Gasteiger partial charge in [-0.3, -0.25) is 9.48 Å². The first-order valence-corrected chi connectivity index (χ1v) is 8.60. The third kappa shape index (κ3) is 3.47. The van der Waals surface area contributed by atoms with Gasteiger partial charge in [-0.2, -0.15) is 5.10 Å². The monoisotopic (exact) mass is 330 g/mol. The molecule has 8 nitrogen and oxygen atoms in total. The van der Waals surface area contributed by atoms with Gasteiger partial charge in [-0.25, -0.2) is 12.7 Å². The first-order valence-electron chi connectivity index (χ1n) is 6.99. The van der Waals surface area contributed by atoms with Gasteiger partial charge in [0, 0.05) is 32.8 Å². The highest BCUT2D eigenvalue weighted by Gasteiger charge is 2.34. The molecule has 0 bridgehead atoms. The maximum Gasteiger partial charge on any atom is 0.255 e. The summed E-state index contributed by atoms with van der Waals surface area (Å²) in [7, 11) is 1.42. The number of hydrogen-bond donors (Lipinski definition) is 1. The molecule has 0 aromatic carbocycles. The highest BCUT2D eigenvalue weighted by molar-refractivity contribution is 7.89. The Bertz CT molecular complexity index is 653. The summed E-state index contributed by atoms with van der Waals surface area (Å²) in [6.07, 6.45) is 1.51. The Balaban J connectivity index is 2.05. The van der Waals surface area contributed by atoms with Crippen LogP contribution in [-0.4, -0.2) is 67.5 Å². The van der Waals surface area contributed by atoms with E-state index in [-0.39, 0.29) is 23.6 Å². The van der Waals surface area contributed by atoms with E-state index >= 15 is 0 Å². The highest BCUT2D eigenvalue weighted by Crippen LogP contribution is 2.18. The van der Waals surface area contributed by atoms with Crippen molar-refractivity contribution < 1.29 is 17.9 Å². The molecule has 2 rings (SSSR count). The van der Waals surface area contributed by atoms with Crippen molar-refractivity contribution in [2.45, 2.75) is 13.0 Å². The molecule has 1 aromatic rings. The lowest BCUT2D eigenvalue weighted by Gasteiger charge is -2.20. The van der Waals surface area contributed by atoms with Gasteiger partial charge in [-0.15, -0.1) is 0 Å². The molecule has 1 amide bonds. The normalized spacial score (nSPS) is 22.2. The summed E-state index contributed by atoms with van der Waals surface area (Å²) in [4.78, 5) is 12.3. The second-order valence-electron chi connectivity index (χ2n) is 5.71. The highest BCUT2D eigenvalue weighted by atomic mass is 32.2. The Labute approximate surface area is 130 Å². The fourth-order valence-corrected chi connectivity index (χ4v) is 3.48. The predicted molar refractivity (Wildman–Crippen MR) is 81.0 cm³/mol. The SMILES string of the molecule is Cc1c(C(=O)N[C@H]2COC[C@H]2CS(=O)(=O)N(C)C)cnn1C. The van der Waals surface area contributed by atoms with E-state index in [4.69, 9.17) is 4.74 Å². The van der Waals surface area contributed by atoms with Crippen LogP contribution >= 0.6 is 0 Å². The van der Waals surface area contributed by atoms with Gasteiger partial charge >= 0.3 is 0 Å². The van der Waals surface area contributed by atoms with E-state index in [1.807, 2.05) is 0 Å². The molecular weight excluding hydrogens is 308 g/mol. The standard InChI is InChI=1S/C13H22N4O4S/c1-9-11(5-14-17(9)4)13(18)15-12-7-21-6-10(12)8-22(19,20)16(2)3/h5,10,12H,6-8H2,1-4H3,(H,15,18)/t10-,12-/m0/s1. The molecule has 1 aromatic heterocycles. The Morgan fingerprint density at radius 2 is 2.18 bits per heavy atom. The Kier molecular flexibility index (Phi) is 4.88. The topological polar surface area (TPSA) is 93.5 Å². The molecule has 1 aliphatic heterocycles. The van der Waals surface area contributed by atoms with Crippen molar-refractivity contribution in [1.29, 1.82) is 0 Å². The van der Waals surface area contributed by atoms with Crippen molar-refractivity contribution in [3.05, 3.63) is 17.5 Å². The van der Waals surface area contributed by atoms with Gasteiger partial charge in [-0.1, -0.05) is 0 Å². The summed E-state index contributed by atoms with van der Waals surface area (Å²) in [5, 5.41) is 6.90. The smallest absolute Gasteiger partial charge is 0.255 e. The fourth-order valence-electron chi connectivity index (χ4n) is 2.31. The number of carbonyl (C=O) groups excluding carboxylic acids is 1. The number of amides is 1. The molecule has 0 unspecified atom stereocenters. The van der Waals surface area contributed by atoms with Gasteiger partial charge in [0.15, 0.2) is 0 Å². The Morgan fingerprint density at radius 1 is 1.50 bits per heavy atom. The first-order chi connectivity index (χ1) is 10.2. The molecule has 1 aliphatic rings. The number of hydrogen-bond acceptors (Lipinski definition) is 5. The van der Waals surface area contributed by atoms with E-state index in [9.17, 15) is 13.2 Å². The summed E-state index contributed by atoms with van der Waals surface area (Å²) in [6, 6.07) is -0.318. The van der Waals surface area contributed by atoms with Crippen LogP contribution in [0.2, 0.25) is 0 Å². The van der Waals surface area contributed by atoms with Gasteiger partial charge < -0.3 is 10.1 Å². The molecule has 124 valence electrons. The second-order valence-corrected chi connectivity index (χ2v) is 7.93. The van der Waals surface area contributed by atoms with E-state index in [0.29, 0.717) is 18.8 Å². The van der Waals surface area contributed by atoms with Gasteiger partial charge in [0.25, 0.3) is 5.91 Å². The van der Waals surface area contributed by atoms with Crippen LogP contribution in [0, 0.1) is 12.8 Å². The van der Waals surface area contributed by atoms with Crippen LogP contribution in [0.3, 0.4) is 0 Å². The minimum Gasteiger partial charge on any atom is -0.379 e. The number of sulfonamides is 1. The number of nitrogens with zero attached hydrogens (tertiary/aromatic N) is 3. The minimum absolute atomic E-state index is 0.0447. The van der Waals surface area contributed by atoms with E-state index in [2.05, 4.69) is 10.4 Å². The summed E-state index contributed by atoms with van der Waals surface area (Å²) < 4.78 is 32.1. The van der Waals surface area contributed by atoms with Crippen LogP contribution in [-0.2, 0) is 21.8 Å². The molecule has 9 heteroatoms. The van der Waals surface area contributed by atoms with Crippen LogP contribution in [0.4, 0.5) is 0 Å². The largest absolute Gasteiger partial charge is 0.379 e. The van der Waals surface area contributed by atoms with E-state index in [0.717, 1.165) is 5.69 Å².